The molecule has 0 unspecified atom stereocenters. The molecule has 0 aliphatic carbocycles. The Labute approximate surface area is 118 Å². The lowest BCUT2D eigenvalue weighted by Gasteiger charge is -2.09. The predicted molar refractivity (Wildman–Crippen MR) is 73.1 cm³/mol. The van der Waals surface area contributed by atoms with Gasteiger partial charge in [-0.3, -0.25) is 0 Å². The Hall–Kier alpha value is -2.50. The third-order valence-corrected chi connectivity index (χ3v) is 2.90. The van der Waals surface area contributed by atoms with Crippen LogP contribution in [0, 0.1) is 0 Å². The number of hydrogen-bond acceptors (Lipinski definition) is 2. The highest BCUT2D eigenvalue weighted by atomic mass is 19.4. The van der Waals surface area contributed by atoms with E-state index < -0.39 is 12.8 Å². The molecule has 1 N–H and O–H groups in total. The van der Waals surface area contributed by atoms with Gasteiger partial charge >= 0.3 is 6.18 Å². The molecule has 0 fully saturated rings. The van der Waals surface area contributed by atoms with Gasteiger partial charge in [0.2, 0.25) is 0 Å². The highest BCUT2D eigenvalue weighted by Crippen LogP contribution is 2.25. The number of hydrogen-bond donors (Lipinski definition) is 1. The van der Waals surface area contributed by atoms with Crippen molar-refractivity contribution < 1.29 is 17.9 Å². The fourth-order valence-electron chi connectivity index (χ4n) is 1.99. The molecule has 2 aromatic carbocycles. The highest BCUT2D eigenvalue weighted by Gasteiger charge is 2.28. The number of nitrogens with one attached hydrogen (secondary N) is 1. The summed E-state index contributed by atoms with van der Waals surface area (Å²) in [6, 6.07) is 13.9. The first kappa shape index (κ1) is 13.5. The molecule has 0 spiro atoms. The molecule has 3 aromatic rings. The third-order valence-electron chi connectivity index (χ3n) is 2.90. The molecule has 0 saturated heterocycles. The Bertz CT molecular complexity index is 732. The summed E-state index contributed by atoms with van der Waals surface area (Å²) >= 11 is 0. The molecule has 108 valence electrons. The first-order valence-corrected chi connectivity index (χ1v) is 6.26. The van der Waals surface area contributed by atoms with Crippen LogP contribution in [0.25, 0.3) is 22.4 Å². The summed E-state index contributed by atoms with van der Waals surface area (Å²) in [7, 11) is 0. The fraction of sp³-hybridized carbons (Fsp3) is 0.133. The van der Waals surface area contributed by atoms with Gasteiger partial charge in [-0.1, -0.05) is 24.3 Å². The Morgan fingerprint density at radius 3 is 2.62 bits per heavy atom. The SMILES string of the molecule is FC(F)(F)COc1cccc(-c2nc3ccccc3[nH]2)c1. The predicted octanol–water partition coefficient (Wildman–Crippen LogP) is 4.17. The average Bonchev–Trinajstić information content (AvgIpc) is 2.89. The van der Waals surface area contributed by atoms with Gasteiger partial charge in [0.25, 0.3) is 0 Å². The molecule has 3 nitrogen and oxygen atoms in total. The second-order valence-corrected chi connectivity index (χ2v) is 4.53. The summed E-state index contributed by atoms with van der Waals surface area (Å²) in [6.07, 6.45) is -4.35. The fourth-order valence-corrected chi connectivity index (χ4v) is 1.99. The van der Waals surface area contributed by atoms with Crippen molar-refractivity contribution >= 4 is 11.0 Å². The third kappa shape index (κ3) is 3.16. The zero-order valence-corrected chi connectivity index (χ0v) is 10.8. The Kier molecular flexibility index (Phi) is 3.29. The van der Waals surface area contributed by atoms with Crippen LogP contribution in [0.5, 0.6) is 5.75 Å². The van der Waals surface area contributed by atoms with Crippen molar-refractivity contribution in [1.29, 1.82) is 0 Å². The van der Waals surface area contributed by atoms with Gasteiger partial charge in [-0.2, -0.15) is 13.2 Å². The van der Waals surface area contributed by atoms with Crippen LogP contribution in [0.2, 0.25) is 0 Å². The maximum atomic E-state index is 12.2. The molecular formula is C15H11F3N2O. The minimum atomic E-state index is -4.35. The molecule has 6 heteroatoms. The normalized spacial score (nSPS) is 11.8. The Morgan fingerprint density at radius 1 is 1.05 bits per heavy atom. The Morgan fingerprint density at radius 2 is 1.86 bits per heavy atom. The summed E-state index contributed by atoms with van der Waals surface area (Å²) in [5.41, 5.74) is 2.34. The minimum absolute atomic E-state index is 0.158. The molecule has 0 amide bonds. The first-order chi connectivity index (χ1) is 10.0. The summed E-state index contributed by atoms with van der Waals surface area (Å²) in [5, 5.41) is 0. The van der Waals surface area contributed by atoms with Gasteiger partial charge in [-0.25, -0.2) is 4.98 Å². The van der Waals surface area contributed by atoms with E-state index in [1.807, 2.05) is 24.3 Å². The monoisotopic (exact) mass is 292 g/mol. The van der Waals surface area contributed by atoms with Crippen LogP contribution in [0.15, 0.2) is 48.5 Å². The molecule has 1 heterocycles. The maximum Gasteiger partial charge on any atom is 0.422 e. The molecule has 1 aromatic heterocycles. The lowest BCUT2D eigenvalue weighted by atomic mass is 10.2. The van der Waals surface area contributed by atoms with Gasteiger partial charge in [-0.15, -0.1) is 0 Å². The van der Waals surface area contributed by atoms with E-state index >= 15 is 0 Å². The van der Waals surface area contributed by atoms with Gasteiger partial charge < -0.3 is 9.72 Å². The van der Waals surface area contributed by atoms with Gasteiger partial charge in [0.15, 0.2) is 6.61 Å². The second kappa shape index (κ2) is 5.12. The Balaban J connectivity index is 1.88. The van der Waals surface area contributed by atoms with Gasteiger partial charge in [0.1, 0.15) is 11.6 Å². The van der Waals surface area contributed by atoms with Gasteiger partial charge in [-0.05, 0) is 24.3 Å². The van der Waals surface area contributed by atoms with Crippen molar-refractivity contribution in [2.24, 2.45) is 0 Å². The largest absolute Gasteiger partial charge is 0.484 e. The lowest BCUT2D eigenvalue weighted by molar-refractivity contribution is -0.153. The second-order valence-electron chi connectivity index (χ2n) is 4.53. The molecule has 0 atom stereocenters. The van der Waals surface area contributed by atoms with Crippen molar-refractivity contribution in [2.45, 2.75) is 6.18 Å². The van der Waals surface area contributed by atoms with E-state index in [9.17, 15) is 13.2 Å². The number of imidazole rings is 1. The number of alkyl halides is 3. The van der Waals surface area contributed by atoms with Crippen molar-refractivity contribution in [2.75, 3.05) is 6.61 Å². The smallest absolute Gasteiger partial charge is 0.422 e. The average molecular weight is 292 g/mol. The number of nitrogens with zero attached hydrogens (tertiary/aromatic N) is 1. The minimum Gasteiger partial charge on any atom is -0.484 e. The number of H-pyrrole nitrogens is 1. The molecular weight excluding hydrogens is 281 g/mol. The zero-order valence-electron chi connectivity index (χ0n) is 10.8. The summed E-state index contributed by atoms with van der Waals surface area (Å²) < 4.78 is 41.2. The van der Waals surface area contributed by atoms with E-state index in [-0.39, 0.29) is 5.75 Å². The molecule has 21 heavy (non-hydrogen) atoms. The number of para-hydroxylation sites is 2. The topological polar surface area (TPSA) is 37.9 Å². The molecule has 0 aliphatic heterocycles. The van der Waals surface area contributed by atoms with E-state index in [1.165, 1.54) is 12.1 Å². The van der Waals surface area contributed by atoms with Crippen molar-refractivity contribution in [3.05, 3.63) is 48.5 Å². The van der Waals surface area contributed by atoms with Crippen LogP contribution in [0.4, 0.5) is 13.2 Å². The first-order valence-electron chi connectivity index (χ1n) is 6.26. The van der Waals surface area contributed by atoms with Crippen LogP contribution in [0.1, 0.15) is 0 Å². The van der Waals surface area contributed by atoms with Crippen LogP contribution >= 0.6 is 0 Å². The molecule has 3 rings (SSSR count). The van der Waals surface area contributed by atoms with Crippen LogP contribution in [0.3, 0.4) is 0 Å². The van der Waals surface area contributed by atoms with Crippen molar-refractivity contribution in [1.82, 2.24) is 9.97 Å². The lowest BCUT2D eigenvalue weighted by Crippen LogP contribution is -2.19. The number of benzene rings is 2. The maximum absolute atomic E-state index is 12.2. The summed E-state index contributed by atoms with van der Waals surface area (Å²) in [5.74, 6) is 0.749. The summed E-state index contributed by atoms with van der Waals surface area (Å²) in [6.45, 7) is -1.31. The number of halogens is 3. The highest BCUT2D eigenvalue weighted by molar-refractivity contribution is 5.79. The van der Waals surface area contributed by atoms with E-state index in [1.54, 1.807) is 12.1 Å². The van der Waals surface area contributed by atoms with Gasteiger partial charge in [0.05, 0.1) is 11.0 Å². The number of ether oxygens (including phenoxy) is 1. The van der Waals surface area contributed by atoms with E-state index in [2.05, 4.69) is 9.97 Å². The quantitative estimate of drug-likeness (QED) is 0.786. The molecule has 0 saturated carbocycles. The zero-order chi connectivity index (χ0) is 14.9. The standard InChI is InChI=1S/C15H11F3N2O/c16-15(17,18)9-21-11-5-3-4-10(8-11)14-19-12-6-1-2-7-13(12)20-14/h1-8H,9H2,(H,19,20). The van der Waals surface area contributed by atoms with Crippen molar-refractivity contribution in [3.8, 4) is 17.1 Å². The number of aromatic nitrogens is 2. The molecule has 0 radical (unpaired) electrons. The van der Waals surface area contributed by atoms with Gasteiger partial charge in [0, 0.05) is 5.56 Å². The van der Waals surface area contributed by atoms with Crippen LogP contribution in [-0.4, -0.2) is 22.8 Å². The van der Waals surface area contributed by atoms with Crippen LogP contribution < -0.4 is 4.74 Å². The number of rotatable bonds is 3. The van der Waals surface area contributed by atoms with E-state index in [0.717, 1.165) is 11.0 Å². The van der Waals surface area contributed by atoms with E-state index in [4.69, 9.17) is 4.74 Å². The number of aromatic amines is 1. The van der Waals surface area contributed by atoms with Crippen LogP contribution in [-0.2, 0) is 0 Å². The van der Waals surface area contributed by atoms with E-state index in [0.29, 0.717) is 11.4 Å². The molecule has 0 aliphatic rings. The molecule has 0 bridgehead atoms. The summed E-state index contributed by atoms with van der Waals surface area (Å²) in [4.78, 5) is 7.52. The van der Waals surface area contributed by atoms with Crippen molar-refractivity contribution in [3.63, 3.8) is 0 Å². The number of fused-ring (bicyclic) bond motifs is 1.